The summed E-state index contributed by atoms with van der Waals surface area (Å²) in [6.45, 7) is 5.82. The topological polar surface area (TPSA) is 63.9 Å². The highest BCUT2D eigenvalue weighted by Gasteiger charge is 2.19. The van der Waals surface area contributed by atoms with Gasteiger partial charge in [-0.2, -0.15) is 0 Å². The predicted molar refractivity (Wildman–Crippen MR) is 111 cm³/mol. The Kier molecular flexibility index (Phi) is 6.26. The molecule has 0 atom stereocenters. The number of methoxy groups -OCH3 is 1. The third-order valence-corrected chi connectivity index (χ3v) is 5.13. The van der Waals surface area contributed by atoms with E-state index in [-0.39, 0.29) is 0 Å². The van der Waals surface area contributed by atoms with E-state index >= 15 is 0 Å². The van der Waals surface area contributed by atoms with E-state index in [1.165, 1.54) is 12.1 Å². The largest absolute Gasteiger partial charge is 0.495 e. The number of hydrogen-bond donors (Lipinski definition) is 0. The predicted octanol–water partition coefficient (Wildman–Crippen LogP) is 3.34. The lowest BCUT2D eigenvalue weighted by Crippen LogP contribution is -2.46. The molecule has 0 amide bonds. The van der Waals surface area contributed by atoms with Crippen molar-refractivity contribution in [3.8, 4) is 23.0 Å². The third kappa shape index (κ3) is 4.86. The average Bonchev–Trinajstić information content (AvgIpc) is 3.32. The lowest BCUT2D eigenvalue weighted by atomic mass is 10.2. The summed E-state index contributed by atoms with van der Waals surface area (Å²) in [7, 11) is 1.73. The summed E-state index contributed by atoms with van der Waals surface area (Å²) >= 11 is 0. The molecule has 0 bridgehead atoms. The van der Waals surface area contributed by atoms with Crippen LogP contribution in [0.15, 0.2) is 59.3 Å². The zero-order valence-corrected chi connectivity index (χ0v) is 16.7. The lowest BCUT2D eigenvalue weighted by molar-refractivity contribution is 0.224. The van der Waals surface area contributed by atoms with E-state index in [9.17, 15) is 0 Å². The Morgan fingerprint density at radius 2 is 1.90 bits per heavy atom. The second-order valence-electron chi connectivity index (χ2n) is 6.97. The Labute approximate surface area is 170 Å². The van der Waals surface area contributed by atoms with E-state index in [0.29, 0.717) is 12.5 Å². The molecule has 1 aromatic heterocycles. The van der Waals surface area contributed by atoms with Gasteiger partial charge >= 0.3 is 0 Å². The number of nitrogens with zero attached hydrogens (tertiary/aromatic N) is 4. The number of ether oxygens (including phenoxy) is 2. The van der Waals surface area contributed by atoms with Gasteiger partial charge in [0.25, 0.3) is 0 Å². The molecule has 0 unspecified atom stereocenters. The van der Waals surface area contributed by atoms with Gasteiger partial charge in [0, 0.05) is 38.3 Å². The standard InChI is InChI=1S/C22H26N4O3/c1-27-21-9-3-2-8-20(21)26-13-11-25(12-14-26)10-5-15-28-19-7-4-6-18(16-19)22-24-23-17-29-22/h2-4,6-9,16-17H,5,10-15H2,1H3. The van der Waals surface area contributed by atoms with E-state index in [1.54, 1.807) is 7.11 Å². The number of aromatic nitrogens is 2. The molecular weight excluding hydrogens is 368 g/mol. The van der Waals surface area contributed by atoms with E-state index in [4.69, 9.17) is 13.9 Å². The Balaban J connectivity index is 1.20. The van der Waals surface area contributed by atoms with Crippen LogP contribution in [0, 0.1) is 0 Å². The van der Waals surface area contributed by atoms with Gasteiger partial charge in [0.1, 0.15) is 11.5 Å². The summed E-state index contributed by atoms with van der Waals surface area (Å²) in [5, 5.41) is 7.65. The van der Waals surface area contributed by atoms with Crippen molar-refractivity contribution in [3.63, 3.8) is 0 Å². The Hall–Kier alpha value is -3.06. The summed E-state index contributed by atoms with van der Waals surface area (Å²) < 4.78 is 16.6. The number of benzene rings is 2. The van der Waals surface area contributed by atoms with Gasteiger partial charge in [-0.25, -0.2) is 0 Å². The van der Waals surface area contributed by atoms with Crippen molar-refractivity contribution in [2.45, 2.75) is 6.42 Å². The average molecular weight is 394 g/mol. The summed E-state index contributed by atoms with van der Waals surface area (Å²) in [6, 6.07) is 16.0. The van der Waals surface area contributed by atoms with Crippen LogP contribution in [-0.2, 0) is 0 Å². The van der Waals surface area contributed by atoms with Crippen LogP contribution in [-0.4, -0.2) is 61.5 Å². The normalized spacial score (nSPS) is 14.7. The van der Waals surface area contributed by atoms with Crippen LogP contribution in [0.4, 0.5) is 5.69 Å². The van der Waals surface area contributed by atoms with Gasteiger partial charge in [0.05, 0.1) is 19.4 Å². The molecule has 1 aliphatic heterocycles. The molecule has 0 radical (unpaired) electrons. The first-order valence-corrected chi connectivity index (χ1v) is 9.93. The molecule has 3 aromatic rings. The highest BCUT2D eigenvalue weighted by atomic mass is 16.5. The molecular formula is C22H26N4O3. The van der Waals surface area contributed by atoms with Crippen LogP contribution in [0.2, 0.25) is 0 Å². The van der Waals surface area contributed by atoms with Gasteiger partial charge in [-0.1, -0.05) is 18.2 Å². The van der Waals surface area contributed by atoms with Gasteiger partial charge in [-0.3, -0.25) is 4.90 Å². The summed E-state index contributed by atoms with van der Waals surface area (Å²) in [6.07, 6.45) is 2.32. The van der Waals surface area contributed by atoms with Gasteiger partial charge in [-0.15, -0.1) is 10.2 Å². The number of para-hydroxylation sites is 2. The van der Waals surface area contributed by atoms with E-state index in [1.807, 2.05) is 36.4 Å². The fraction of sp³-hybridized carbons (Fsp3) is 0.364. The zero-order valence-electron chi connectivity index (χ0n) is 16.7. The first kappa shape index (κ1) is 19.3. The molecule has 1 aliphatic rings. The van der Waals surface area contributed by atoms with Crippen molar-refractivity contribution in [3.05, 3.63) is 54.9 Å². The number of piperazine rings is 1. The molecule has 0 spiro atoms. The van der Waals surface area contributed by atoms with Crippen LogP contribution < -0.4 is 14.4 Å². The quantitative estimate of drug-likeness (QED) is 0.543. The molecule has 0 aliphatic carbocycles. The van der Waals surface area contributed by atoms with E-state index < -0.39 is 0 Å². The second kappa shape index (κ2) is 9.43. The second-order valence-corrected chi connectivity index (χ2v) is 6.97. The molecule has 0 N–H and O–H groups in total. The van der Waals surface area contributed by atoms with Crippen molar-refractivity contribution in [2.24, 2.45) is 0 Å². The molecule has 2 aromatic carbocycles. The molecule has 7 nitrogen and oxygen atoms in total. The van der Waals surface area contributed by atoms with Crippen LogP contribution in [0.25, 0.3) is 11.5 Å². The smallest absolute Gasteiger partial charge is 0.247 e. The SMILES string of the molecule is COc1ccccc1N1CCN(CCCOc2cccc(-c3nnco3)c2)CC1. The Bertz CT molecular complexity index is 893. The van der Waals surface area contributed by atoms with Crippen LogP contribution >= 0.6 is 0 Å². The maximum absolute atomic E-state index is 5.91. The molecule has 29 heavy (non-hydrogen) atoms. The summed E-state index contributed by atoms with van der Waals surface area (Å²) in [5.74, 6) is 2.27. The highest BCUT2D eigenvalue weighted by molar-refractivity contribution is 5.58. The Morgan fingerprint density at radius 1 is 1.03 bits per heavy atom. The maximum Gasteiger partial charge on any atom is 0.247 e. The summed E-state index contributed by atoms with van der Waals surface area (Å²) in [4.78, 5) is 4.89. The minimum atomic E-state index is 0.503. The monoisotopic (exact) mass is 394 g/mol. The van der Waals surface area contributed by atoms with Gasteiger partial charge in [0.2, 0.25) is 12.3 Å². The molecule has 2 heterocycles. The summed E-state index contributed by atoms with van der Waals surface area (Å²) in [5.41, 5.74) is 2.05. The maximum atomic E-state index is 5.91. The highest BCUT2D eigenvalue weighted by Crippen LogP contribution is 2.28. The fourth-order valence-corrected chi connectivity index (χ4v) is 3.60. The van der Waals surface area contributed by atoms with E-state index in [0.717, 1.165) is 56.2 Å². The van der Waals surface area contributed by atoms with Gasteiger partial charge in [0.15, 0.2) is 0 Å². The molecule has 1 fully saturated rings. The van der Waals surface area contributed by atoms with E-state index in [2.05, 4.69) is 32.1 Å². The molecule has 1 saturated heterocycles. The van der Waals surface area contributed by atoms with Crippen LogP contribution in [0.1, 0.15) is 6.42 Å². The van der Waals surface area contributed by atoms with Gasteiger partial charge < -0.3 is 18.8 Å². The number of anilines is 1. The fourth-order valence-electron chi connectivity index (χ4n) is 3.60. The minimum absolute atomic E-state index is 0.503. The molecule has 7 heteroatoms. The molecule has 4 rings (SSSR count). The van der Waals surface area contributed by atoms with Crippen molar-refractivity contribution in [2.75, 3.05) is 51.3 Å². The lowest BCUT2D eigenvalue weighted by Gasteiger charge is -2.36. The van der Waals surface area contributed by atoms with Crippen molar-refractivity contribution in [1.82, 2.24) is 15.1 Å². The van der Waals surface area contributed by atoms with Gasteiger partial charge in [-0.05, 0) is 36.8 Å². The zero-order chi connectivity index (χ0) is 19.9. The van der Waals surface area contributed by atoms with Crippen LogP contribution in [0.5, 0.6) is 11.5 Å². The number of hydrogen-bond acceptors (Lipinski definition) is 7. The minimum Gasteiger partial charge on any atom is -0.495 e. The van der Waals surface area contributed by atoms with Crippen molar-refractivity contribution < 1.29 is 13.9 Å². The first-order valence-electron chi connectivity index (χ1n) is 9.93. The van der Waals surface area contributed by atoms with Crippen molar-refractivity contribution in [1.29, 1.82) is 0 Å². The third-order valence-electron chi connectivity index (χ3n) is 5.13. The van der Waals surface area contributed by atoms with Crippen molar-refractivity contribution >= 4 is 5.69 Å². The molecule has 152 valence electrons. The first-order chi connectivity index (χ1) is 14.3. The van der Waals surface area contributed by atoms with Crippen LogP contribution in [0.3, 0.4) is 0 Å². The molecule has 0 saturated carbocycles. The Morgan fingerprint density at radius 3 is 2.69 bits per heavy atom. The number of rotatable bonds is 8.